The van der Waals surface area contributed by atoms with Crippen LogP contribution in [0.5, 0.6) is 0 Å². The summed E-state index contributed by atoms with van der Waals surface area (Å²) in [4.78, 5) is 54.4. The summed E-state index contributed by atoms with van der Waals surface area (Å²) in [5.74, 6) is -1.63. The summed E-state index contributed by atoms with van der Waals surface area (Å²) in [6.45, 7) is 3.04. The third-order valence-electron chi connectivity index (χ3n) is 4.44. The van der Waals surface area contributed by atoms with E-state index in [1.165, 1.54) is 24.8 Å². The molecule has 0 aliphatic carbocycles. The number of amidine groups is 1. The van der Waals surface area contributed by atoms with Crippen molar-refractivity contribution in [2.75, 3.05) is 30.8 Å². The number of hydrogen-bond donors (Lipinski definition) is 2. The van der Waals surface area contributed by atoms with E-state index < -0.39 is 30.3 Å². The Morgan fingerprint density at radius 2 is 1.93 bits per heavy atom. The number of ether oxygens (including phenoxy) is 1. The first-order valence-corrected chi connectivity index (χ1v) is 9.32. The average molecular weight is 412 g/mol. The Bertz CT molecular complexity index is 1010. The third-order valence-corrected chi connectivity index (χ3v) is 4.44. The van der Waals surface area contributed by atoms with Gasteiger partial charge in [-0.15, -0.1) is 4.99 Å². The fourth-order valence-corrected chi connectivity index (χ4v) is 3.19. The number of nitrogens with zero attached hydrogens (tertiary/aromatic N) is 3. The summed E-state index contributed by atoms with van der Waals surface area (Å²) in [6, 6.07) is 5.89. The van der Waals surface area contributed by atoms with Crippen molar-refractivity contribution in [2.45, 2.75) is 13.8 Å². The van der Waals surface area contributed by atoms with Crippen LogP contribution in [0.15, 0.2) is 41.1 Å². The number of anilines is 2. The van der Waals surface area contributed by atoms with Gasteiger partial charge in [0.05, 0.1) is 13.7 Å². The smallest absolute Gasteiger partial charge is 0.446 e. The SMILES string of the molecule is CCOC1=CC=NC2=[N+](C)C(=O)N(CC(=O)Nc3cccc(NC(C)=O)c3)C(=O)C12. The highest BCUT2D eigenvalue weighted by molar-refractivity contribution is 6.16. The van der Waals surface area contributed by atoms with Gasteiger partial charge in [0.2, 0.25) is 5.91 Å². The van der Waals surface area contributed by atoms with Gasteiger partial charge in [-0.3, -0.25) is 14.4 Å². The number of hydrogen-bond acceptors (Lipinski definition) is 6. The lowest BCUT2D eigenvalue weighted by Crippen LogP contribution is -2.56. The molecular weight excluding hydrogens is 390 g/mol. The van der Waals surface area contributed by atoms with Crippen LogP contribution < -0.4 is 10.6 Å². The first-order chi connectivity index (χ1) is 14.3. The van der Waals surface area contributed by atoms with E-state index in [-0.39, 0.29) is 11.7 Å². The molecule has 1 aromatic rings. The molecule has 0 aromatic heterocycles. The van der Waals surface area contributed by atoms with Crippen LogP contribution in [0.1, 0.15) is 13.8 Å². The van der Waals surface area contributed by atoms with E-state index in [1.807, 2.05) is 0 Å². The number of benzene rings is 1. The molecule has 0 spiro atoms. The van der Waals surface area contributed by atoms with Crippen LogP contribution in [0.25, 0.3) is 0 Å². The highest BCUT2D eigenvalue weighted by atomic mass is 16.5. The Kier molecular flexibility index (Phi) is 6.05. The number of rotatable bonds is 6. The van der Waals surface area contributed by atoms with Crippen LogP contribution in [0.3, 0.4) is 0 Å². The number of amides is 5. The zero-order valence-electron chi connectivity index (χ0n) is 16.8. The normalized spacial score (nSPS) is 18.0. The van der Waals surface area contributed by atoms with Crippen molar-refractivity contribution in [2.24, 2.45) is 10.9 Å². The van der Waals surface area contributed by atoms with Crippen LogP contribution in [0.2, 0.25) is 0 Å². The highest BCUT2D eigenvalue weighted by Crippen LogP contribution is 2.25. The summed E-state index contributed by atoms with van der Waals surface area (Å²) >= 11 is 0. The number of nitrogens with one attached hydrogen (secondary N) is 2. The van der Waals surface area contributed by atoms with E-state index in [0.29, 0.717) is 23.7 Å². The molecule has 1 aromatic carbocycles. The summed E-state index contributed by atoms with van der Waals surface area (Å²) in [6.07, 6.45) is 3.04. The fraction of sp³-hybridized carbons (Fsp3) is 0.300. The average Bonchev–Trinajstić information content (AvgIpc) is 2.69. The van der Waals surface area contributed by atoms with Crippen molar-refractivity contribution in [3.8, 4) is 0 Å². The molecule has 2 aliphatic rings. The van der Waals surface area contributed by atoms with Crippen molar-refractivity contribution in [1.29, 1.82) is 0 Å². The molecule has 0 bridgehead atoms. The summed E-state index contributed by atoms with van der Waals surface area (Å²) in [5.41, 5.74) is 0.928. The van der Waals surface area contributed by atoms with Gasteiger partial charge in [-0.2, -0.15) is 9.48 Å². The topological polar surface area (TPSA) is 120 Å². The molecule has 1 atom stereocenters. The number of fused-ring (bicyclic) bond motifs is 1. The van der Waals surface area contributed by atoms with Crippen LogP contribution in [-0.2, 0) is 19.1 Å². The van der Waals surface area contributed by atoms with Gasteiger partial charge in [-0.05, 0) is 25.1 Å². The molecule has 0 fully saturated rings. The molecule has 2 heterocycles. The number of urea groups is 1. The molecule has 10 heteroatoms. The number of carbonyl (C=O) groups excluding carboxylic acids is 4. The molecular formula is C20H22N5O5+. The molecule has 2 N–H and O–H groups in total. The van der Waals surface area contributed by atoms with Gasteiger partial charge in [0, 0.05) is 24.4 Å². The van der Waals surface area contributed by atoms with Crippen molar-refractivity contribution in [3.05, 3.63) is 36.1 Å². The molecule has 0 radical (unpaired) electrons. The predicted octanol–water partition coefficient (Wildman–Crippen LogP) is 1.21. The predicted molar refractivity (Wildman–Crippen MR) is 109 cm³/mol. The zero-order chi connectivity index (χ0) is 21.8. The van der Waals surface area contributed by atoms with E-state index in [2.05, 4.69) is 15.6 Å². The molecule has 0 saturated heterocycles. The summed E-state index contributed by atoms with van der Waals surface area (Å²) in [5, 5.41) is 5.25. The third kappa shape index (κ3) is 4.27. The molecule has 0 saturated carbocycles. The monoisotopic (exact) mass is 412 g/mol. The van der Waals surface area contributed by atoms with E-state index in [1.54, 1.807) is 37.3 Å². The van der Waals surface area contributed by atoms with Crippen molar-refractivity contribution in [3.63, 3.8) is 0 Å². The van der Waals surface area contributed by atoms with Crippen LogP contribution >= 0.6 is 0 Å². The minimum absolute atomic E-state index is 0.244. The molecule has 30 heavy (non-hydrogen) atoms. The molecule has 3 rings (SSSR count). The van der Waals surface area contributed by atoms with Gasteiger partial charge < -0.3 is 15.4 Å². The molecule has 1 unspecified atom stereocenters. The maximum Gasteiger partial charge on any atom is 0.446 e. The molecule has 156 valence electrons. The second-order valence-electron chi connectivity index (χ2n) is 6.65. The van der Waals surface area contributed by atoms with E-state index in [0.717, 1.165) is 4.90 Å². The van der Waals surface area contributed by atoms with Gasteiger partial charge in [-0.1, -0.05) is 6.07 Å². The Morgan fingerprint density at radius 1 is 1.23 bits per heavy atom. The first kappa shape index (κ1) is 20.9. The molecule has 2 aliphatic heterocycles. The number of carbonyl (C=O) groups is 4. The van der Waals surface area contributed by atoms with Gasteiger partial charge in [-0.25, -0.2) is 4.79 Å². The van der Waals surface area contributed by atoms with Gasteiger partial charge in [0.25, 0.3) is 11.7 Å². The standard InChI is InChI=1S/C20H21N5O5/c1-4-30-15-8-9-21-18-17(15)19(28)25(20(29)24(18)3)11-16(27)23-14-7-5-6-13(10-14)22-12(2)26/h5-10,17H,4,11H2,1-3H3,(H-,22,23,26,27)/p+1. The van der Waals surface area contributed by atoms with Gasteiger partial charge >= 0.3 is 11.9 Å². The van der Waals surface area contributed by atoms with Crippen molar-refractivity contribution >= 4 is 47.2 Å². The Hall–Kier alpha value is -3.82. The Morgan fingerprint density at radius 3 is 2.60 bits per heavy atom. The quantitative estimate of drug-likeness (QED) is 0.681. The number of aliphatic imine (C=N–C) groups is 1. The lowest BCUT2D eigenvalue weighted by Gasteiger charge is -2.28. The Labute approximate surface area is 172 Å². The lowest BCUT2D eigenvalue weighted by molar-refractivity contribution is -0.408. The van der Waals surface area contributed by atoms with Crippen molar-refractivity contribution < 1.29 is 28.5 Å². The fourth-order valence-electron chi connectivity index (χ4n) is 3.19. The van der Waals surface area contributed by atoms with Gasteiger partial charge in [0.1, 0.15) is 12.0 Å². The highest BCUT2D eigenvalue weighted by Gasteiger charge is 2.50. The minimum Gasteiger partial charge on any atom is -0.497 e. The van der Waals surface area contributed by atoms with E-state index >= 15 is 0 Å². The molecule has 5 amide bonds. The second kappa shape index (κ2) is 8.68. The van der Waals surface area contributed by atoms with Crippen molar-refractivity contribution in [1.82, 2.24) is 4.90 Å². The van der Waals surface area contributed by atoms with Gasteiger partial charge in [0.15, 0.2) is 12.5 Å². The number of dihydropyridines is 1. The van der Waals surface area contributed by atoms with E-state index in [9.17, 15) is 19.2 Å². The second-order valence-corrected chi connectivity index (χ2v) is 6.65. The van der Waals surface area contributed by atoms with Crippen LogP contribution in [0.4, 0.5) is 16.2 Å². The zero-order valence-corrected chi connectivity index (χ0v) is 16.8. The van der Waals surface area contributed by atoms with Crippen LogP contribution in [0, 0.1) is 5.92 Å². The number of allylic oxidation sites excluding steroid dienone is 1. The maximum atomic E-state index is 13.0. The first-order valence-electron chi connectivity index (χ1n) is 9.32. The molecule has 10 nitrogen and oxygen atoms in total. The lowest BCUT2D eigenvalue weighted by atomic mass is 9.99. The van der Waals surface area contributed by atoms with E-state index in [4.69, 9.17) is 4.74 Å². The largest absolute Gasteiger partial charge is 0.497 e. The minimum atomic E-state index is -0.881. The maximum absolute atomic E-state index is 13.0. The van der Waals surface area contributed by atoms with Crippen LogP contribution in [-0.4, -0.2) is 65.5 Å². The summed E-state index contributed by atoms with van der Waals surface area (Å²) in [7, 11) is 1.49. The summed E-state index contributed by atoms with van der Waals surface area (Å²) < 4.78 is 6.76. The Balaban J connectivity index is 1.77. The number of imide groups is 1.